The standard InChI is InChI=1S/C25H19I2NO3S2/c1-2-30-19-10-8-18(9-11-19)28-24(29)22(33-25(28)32)14-17-12-20(26)23(21(27)13-17)31-15-16-6-4-3-5-7-16/h3-14H,2,15H2,1H3/b22-14-. The van der Waals surface area contributed by atoms with Crippen LogP contribution in [0, 0.1) is 7.14 Å². The fourth-order valence-corrected chi connectivity index (χ4v) is 6.66. The van der Waals surface area contributed by atoms with Gasteiger partial charge in [-0.2, -0.15) is 0 Å². The van der Waals surface area contributed by atoms with Crippen molar-refractivity contribution in [1.82, 2.24) is 0 Å². The number of anilines is 1. The summed E-state index contributed by atoms with van der Waals surface area (Å²) in [4.78, 5) is 15.3. The van der Waals surface area contributed by atoms with Gasteiger partial charge in [-0.25, -0.2) is 0 Å². The Hall–Kier alpha value is -1.63. The number of carbonyl (C=O) groups is 1. The van der Waals surface area contributed by atoms with Gasteiger partial charge in [-0.15, -0.1) is 0 Å². The number of ether oxygens (including phenoxy) is 2. The van der Waals surface area contributed by atoms with E-state index in [4.69, 9.17) is 21.7 Å². The molecule has 168 valence electrons. The monoisotopic (exact) mass is 699 g/mol. The van der Waals surface area contributed by atoms with E-state index in [1.807, 2.05) is 79.7 Å². The highest BCUT2D eigenvalue weighted by atomic mass is 127. The fourth-order valence-electron chi connectivity index (χ4n) is 3.23. The summed E-state index contributed by atoms with van der Waals surface area (Å²) < 4.78 is 14.1. The quantitative estimate of drug-likeness (QED) is 0.147. The molecule has 0 spiro atoms. The summed E-state index contributed by atoms with van der Waals surface area (Å²) in [5, 5.41) is 0. The number of nitrogens with zero attached hydrogens (tertiary/aromatic N) is 1. The molecule has 0 saturated carbocycles. The van der Waals surface area contributed by atoms with Gasteiger partial charge in [0.25, 0.3) is 5.91 Å². The maximum absolute atomic E-state index is 13.1. The minimum absolute atomic E-state index is 0.122. The molecule has 1 heterocycles. The minimum Gasteiger partial charge on any atom is -0.494 e. The molecule has 3 aromatic carbocycles. The second kappa shape index (κ2) is 11.2. The zero-order chi connectivity index (χ0) is 23.4. The van der Waals surface area contributed by atoms with Crippen LogP contribution in [0.25, 0.3) is 6.08 Å². The number of thiocarbonyl (C=S) groups is 1. The topological polar surface area (TPSA) is 38.8 Å². The lowest BCUT2D eigenvalue weighted by molar-refractivity contribution is -0.113. The van der Waals surface area contributed by atoms with Crippen LogP contribution in [0.5, 0.6) is 11.5 Å². The zero-order valence-electron chi connectivity index (χ0n) is 17.6. The predicted octanol–water partition coefficient (Wildman–Crippen LogP) is 7.28. The van der Waals surface area contributed by atoms with E-state index in [1.165, 1.54) is 11.8 Å². The number of hydrogen-bond donors (Lipinski definition) is 0. The second-order valence-corrected chi connectivity index (χ2v) is 11.0. The summed E-state index contributed by atoms with van der Waals surface area (Å²) >= 11 is 11.4. The van der Waals surface area contributed by atoms with Gasteiger partial charge >= 0.3 is 0 Å². The molecule has 0 radical (unpaired) electrons. The van der Waals surface area contributed by atoms with Crippen LogP contribution >= 0.6 is 69.2 Å². The number of thioether (sulfide) groups is 1. The molecular formula is C25H19I2NO3S2. The predicted molar refractivity (Wildman–Crippen MR) is 156 cm³/mol. The molecule has 8 heteroatoms. The van der Waals surface area contributed by atoms with Crippen molar-refractivity contribution in [2.24, 2.45) is 0 Å². The summed E-state index contributed by atoms with van der Waals surface area (Å²) in [7, 11) is 0. The van der Waals surface area contributed by atoms with Crippen molar-refractivity contribution >= 4 is 91.2 Å². The maximum Gasteiger partial charge on any atom is 0.270 e. The first kappa shape index (κ1) is 24.5. The number of rotatable bonds is 7. The second-order valence-electron chi connectivity index (χ2n) is 7.03. The molecule has 0 N–H and O–H groups in total. The highest BCUT2D eigenvalue weighted by Crippen LogP contribution is 2.38. The summed E-state index contributed by atoms with van der Waals surface area (Å²) in [6.07, 6.45) is 1.89. The van der Waals surface area contributed by atoms with Crippen LogP contribution in [-0.2, 0) is 11.4 Å². The molecule has 0 atom stereocenters. The van der Waals surface area contributed by atoms with Crippen molar-refractivity contribution in [2.45, 2.75) is 13.5 Å². The van der Waals surface area contributed by atoms with Crippen LogP contribution in [0.2, 0.25) is 0 Å². The lowest BCUT2D eigenvalue weighted by Gasteiger charge is -2.15. The summed E-state index contributed by atoms with van der Waals surface area (Å²) in [5.74, 6) is 1.49. The van der Waals surface area contributed by atoms with Gasteiger partial charge < -0.3 is 9.47 Å². The van der Waals surface area contributed by atoms with Gasteiger partial charge in [0.05, 0.1) is 24.3 Å². The van der Waals surface area contributed by atoms with E-state index in [1.54, 1.807) is 4.90 Å². The average molecular weight is 699 g/mol. The Morgan fingerprint density at radius 3 is 2.30 bits per heavy atom. The molecule has 1 aliphatic rings. The van der Waals surface area contributed by atoms with Gasteiger partial charge in [0.15, 0.2) is 4.32 Å². The molecule has 1 saturated heterocycles. The molecule has 3 aromatic rings. The van der Waals surface area contributed by atoms with E-state index in [9.17, 15) is 4.79 Å². The average Bonchev–Trinajstić information content (AvgIpc) is 3.07. The van der Waals surface area contributed by atoms with E-state index < -0.39 is 0 Å². The Morgan fingerprint density at radius 1 is 1.00 bits per heavy atom. The van der Waals surface area contributed by atoms with Crippen molar-refractivity contribution < 1.29 is 14.3 Å². The van der Waals surface area contributed by atoms with Crippen molar-refractivity contribution in [3.05, 3.63) is 89.9 Å². The molecule has 0 aliphatic carbocycles. The first-order valence-corrected chi connectivity index (χ1v) is 13.5. The Labute approximate surface area is 230 Å². The normalized spacial score (nSPS) is 14.8. The first-order chi connectivity index (χ1) is 16.0. The molecular weight excluding hydrogens is 680 g/mol. The summed E-state index contributed by atoms with van der Waals surface area (Å²) in [5.41, 5.74) is 2.78. The molecule has 1 fully saturated rings. The number of hydrogen-bond acceptors (Lipinski definition) is 5. The maximum atomic E-state index is 13.1. The smallest absolute Gasteiger partial charge is 0.270 e. The number of benzene rings is 3. The molecule has 4 nitrogen and oxygen atoms in total. The van der Waals surface area contributed by atoms with Gasteiger partial charge in [0, 0.05) is 0 Å². The Kier molecular flexibility index (Phi) is 8.31. The van der Waals surface area contributed by atoms with Gasteiger partial charge in [0.2, 0.25) is 0 Å². The zero-order valence-corrected chi connectivity index (χ0v) is 23.5. The van der Waals surface area contributed by atoms with E-state index in [0.29, 0.717) is 22.4 Å². The summed E-state index contributed by atoms with van der Waals surface area (Å²) in [6, 6.07) is 21.5. The van der Waals surface area contributed by atoms with Crippen LogP contribution in [0.3, 0.4) is 0 Å². The van der Waals surface area contributed by atoms with E-state index >= 15 is 0 Å². The number of amides is 1. The van der Waals surface area contributed by atoms with Gasteiger partial charge in [-0.3, -0.25) is 9.69 Å². The van der Waals surface area contributed by atoms with Crippen LogP contribution < -0.4 is 14.4 Å². The third kappa shape index (κ3) is 5.90. The molecule has 0 unspecified atom stereocenters. The lowest BCUT2D eigenvalue weighted by Crippen LogP contribution is -2.27. The largest absolute Gasteiger partial charge is 0.494 e. The molecule has 0 aromatic heterocycles. The summed E-state index contributed by atoms with van der Waals surface area (Å²) in [6.45, 7) is 3.04. The van der Waals surface area contributed by atoms with Crippen LogP contribution in [0.4, 0.5) is 5.69 Å². The SMILES string of the molecule is CCOc1ccc(N2C(=O)/C(=C/c3cc(I)c(OCc4ccccc4)c(I)c3)SC2=S)cc1. The van der Waals surface area contributed by atoms with E-state index in [-0.39, 0.29) is 5.91 Å². The minimum atomic E-state index is -0.122. The molecule has 4 rings (SSSR count). The van der Waals surface area contributed by atoms with Crippen LogP contribution in [0.15, 0.2) is 71.6 Å². The first-order valence-electron chi connectivity index (χ1n) is 10.1. The van der Waals surface area contributed by atoms with E-state index in [2.05, 4.69) is 45.2 Å². The Morgan fingerprint density at radius 2 is 1.67 bits per heavy atom. The molecule has 33 heavy (non-hydrogen) atoms. The highest BCUT2D eigenvalue weighted by molar-refractivity contribution is 14.1. The molecule has 1 aliphatic heterocycles. The van der Waals surface area contributed by atoms with Gasteiger partial charge in [-0.1, -0.05) is 54.3 Å². The third-order valence-electron chi connectivity index (χ3n) is 4.74. The Bertz CT molecular complexity index is 1190. The van der Waals surface area contributed by atoms with Crippen molar-refractivity contribution in [1.29, 1.82) is 0 Å². The number of halogens is 2. The number of carbonyl (C=O) groups excluding carboxylic acids is 1. The van der Waals surface area contributed by atoms with Crippen molar-refractivity contribution in [3.8, 4) is 11.5 Å². The van der Waals surface area contributed by atoms with Crippen molar-refractivity contribution in [3.63, 3.8) is 0 Å². The molecule has 1 amide bonds. The van der Waals surface area contributed by atoms with Gasteiger partial charge in [-0.05, 0) is 106 Å². The van der Waals surface area contributed by atoms with Crippen molar-refractivity contribution in [2.75, 3.05) is 11.5 Å². The van der Waals surface area contributed by atoms with Crippen LogP contribution in [0.1, 0.15) is 18.1 Å². The fraction of sp³-hybridized carbons (Fsp3) is 0.120. The Balaban J connectivity index is 1.52. The van der Waals surface area contributed by atoms with E-state index in [0.717, 1.165) is 35.5 Å². The van der Waals surface area contributed by atoms with Crippen LogP contribution in [-0.4, -0.2) is 16.8 Å². The highest BCUT2D eigenvalue weighted by Gasteiger charge is 2.33. The molecule has 0 bridgehead atoms. The lowest BCUT2D eigenvalue weighted by atomic mass is 10.2. The van der Waals surface area contributed by atoms with Gasteiger partial charge in [0.1, 0.15) is 18.1 Å². The third-order valence-corrected chi connectivity index (χ3v) is 7.65.